The number of aliphatic hydroxyl groups excluding tert-OH is 2. The molecular weight excluding hydrogens is 246 g/mol. The number of ether oxygens (including phenoxy) is 1. The van der Waals surface area contributed by atoms with Crippen LogP contribution in [0.1, 0.15) is 0 Å². The molecule has 1 atom stereocenters. The Morgan fingerprint density at radius 2 is 2.29 bits per heavy atom. The van der Waals surface area contributed by atoms with Crippen molar-refractivity contribution in [2.75, 3.05) is 19.5 Å². The van der Waals surface area contributed by atoms with Gasteiger partial charge in [-0.1, -0.05) is 0 Å². The van der Waals surface area contributed by atoms with E-state index in [-0.39, 0.29) is 18.0 Å². The second-order valence-corrected chi connectivity index (χ2v) is 4.30. The standard InChI is InChI=1S/C10H13NO5S/c1-16-8-2-3-10(9(4-8)11(14)15)17-6-7(13)5-12/h2-4,7,12-13H,5-6H2,1H3. The lowest BCUT2D eigenvalue weighted by atomic mass is 10.3. The molecule has 0 radical (unpaired) electrons. The van der Waals surface area contributed by atoms with Gasteiger partial charge in [-0.3, -0.25) is 10.1 Å². The lowest BCUT2D eigenvalue weighted by Crippen LogP contribution is -2.14. The maximum atomic E-state index is 10.8. The number of thioether (sulfide) groups is 1. The summed E-state index contributed by atoms with van der Waals surface area (Å²) in [7, 11) is 1.43. The molecule has 0 amide bonds. The van der Waals surface area contributed by atoms with Crippen molar-refractivity contribution < 1.29 is 19.9 Å². The average Bonchev–Trinajstić information content (AvgIpc) is 2.35. The SMILES string of the molecule is COc1ccc(SCC(O)CO)c([N+](=O)[O-])c1. The molecule has 0 saturated carbocycles. The summed E-state index contributed by atoms with van der Waals surface area (Å²) in [6.45, 7) is -0.364. The minimum absolute atomic E-state index is 0.0699. The Bertz CT molecular complexity index is 398. The molecule has 1 rings (SSSR count). The Morgan fingerprint density at radius 3 is 2.82 bits per heavy atom. The zero-order valence-corrected chi connectivity index (χ0v) is 10.0. The Labute approximate surface area is 102 Å². The molecule has 1 aromatic carbocycles. The van der Waals surface area contributed by atoms with Crippen molar-refractivity contribution in [3.8, 4) is 5.75 Å². The summed E-state index contributed by atoms with van der Waals surface area (Å²) < 4.78 is 4.90. The summed E-state index contributed by atoms with van der Waals surface area (Å²) in [6.07, 6.45) is -0.887. The molecule has 0 heterocycles. The predicted molar refractivity (Wildman–Crippen MR) is 63.5 cm³/mol. The van der Waals surface area contributed by atoms with Gasteiger partial charge in [0.2, 0.25) is 0 Å². The highest BCUT2D eigenvalue weighted by Gasteiger charge is 2.16. The summed E-state index contributed by atoms with van der Waals surface area (Å²) in [5, 5.41) is 28.7. The Morgan fingerprint density at radius 1 is 1.59 bits per heavy atom. The van der Waals surface area contributed by atoms with Crippen LogP contribution in [-0.4, -0.2) is 40.7 Å². The third kappa shape index (κ3) is 3.88. The van der Waals surface area contributed by atoms with Crippen molar-refractivity contribution in [2.24, 2.45) is 0 Å². The molecule has 0 aliphatic heterocycles. The van der Waals surface area contributed by atoms with Gasteiger partial charge in [0.1, 0.15) is 5.75 Å². The van der Waals surface area contributed by atoms with Crippen LogP contribution in [-0.2, 0) is 0 Å². The third-order valence-corrected chi connectivity index (χ3v) is 3.21. The first-order valence-electron chi connectivity index (χ1n) is 4.82. The fraction of sp³-hybridized carbons (Fsp3) is 0.400. The van der Waals surface area contributed by atoms with Gasteiger partial charge < -0.3 is 14.9 Å². The van der Waals surface area contributed by atoms with Crippen molar-refractivity contribution >= 4 is 17.4 Å². The van der Waals surface area contributed by atoms with Crippen LogP contribution < -0.4 is 4.74 Å². The zero-order valence-electron chi connectivity index (χ0n) is 9.20. The molecule has 1 aromatic rings. The van der Waals surface area contributed by atoms with Crippen LogP contribution >= 0.6 is 11.8 Å². The van der Waals surface area contributed by atoms with Crippen LogP contribution in [0.3, 0.4) is 0 Å². The number of benzene rings is 1. The average molecular weight is 259 g/mol. The van der Waals surface area contributed by atoms with Gasteiger partial charge in [0.05, 0.1) is 35.7 Å². The van der Waals surface area contributed by atoms with Gasteiger partial charge in [-0.2, -0.15) is 0 Å². The van der Waals surface area contributed by atoms with Crippen molar-refractivity contribution in [3.63, 3.8) is 0 Å². The largest absolute Gasteiger partial charge is 0.497 e. The van der Waals surface area contributed by atoms with E-state index in [0.717, 1.165) is 11.8 Å². The van der Waals surface area contributed by atoms with Crippen molar-refractivity contribution in [1.82, 2.24) is 0 Å². The van der Waals surface area contributed by atoms with E-state index in [1.54, 1.807) is 12.1 Å². The fourth-order valence-electron chi connectivity index (χ4n) is 1.13. The molecule has 7 heteroatoms. The first kappa shape index (κ1) is 13.8. The third-order valence-electron chi connectivity index (χ3n) is 2.00. The van der Waals surface area contributed by atoms with Gasteiger partial charge in [-0.05, 0) is 12.1 Å². The molecule has 94 valence electrons. The lowest BCUT2D eigenvalue weighted by Gasteiger charge is -2.07. The molecule has 0 aromatic heterocycles. The monoisotopic (exact) mass is 259 g/mol. The summed E-state index contributed by atoms with van der Waals surface area (Å²) in [5.74, 6) is 0.604. The van der Waals surface area contributed by atoms with Gasteiger partial charge >= 0.3 is 0 Å². The summed E-state index contributed by atoms with van der Waals surface area (Å²) >= 11 is 1.12. The second kappa shape index (κ2) is 6.43. The highest BCUT2D eigenvalue weighted by atomic mass is 32.2. The maximum absolute atomic E-state index is 10.8. The Hall–Kier alpha value is -1.31. The Balaban J connectivity index is 2.87. The van der Waals surface area contributed by atoms with Gasteiger partial charge in [0, 0.05) is 5.75 Å². The highest BCUT2D eigenvalue weighted by Crippen LogP contribution is 2.32. The molecule has 0 fully saturated rings. The molecule has 6 nitrogen and oxygen atoms in total. The van der Waals surface area contributed by atoms with Crippen LogP contribution in [0.25, 0.3) is 0 Å². The van der Waals surface area contributed by atoms with E-state index in [1.807, 2.05) is 0 Å². The molecule has 17 heavy (non-hydrogen) atoms. The molecule has 0 aliphatic carbocycles. The number of hydrogen-bond acceptors (Lipinski definition) is 6. The van der Waals surface area contributed by atoms with E-state index in [9.17, 15) is 15.2 Å². The molecule has 0 spiro atoms. The van der Waals surface area contributed by atoms with Crippen LogP contribution in [0.4, 0.5) is 5.69 Å². The van der Waals surface area contributed by atoms with Crippen LogP contribution in [0.2, 0.25) is 0 Å². The highest BCUT2D eigenvalue weighted by molar-refractivity contribution is 7.99. The molecule has 2 N–H and O–H groups in total. The van der Waals surface area contributed by atoms with Crippen LogP contribution in [0, 0.1) is 10.1 Å². The summed E-state index contributed by atoms with van der Waals surface area (Å²) in [4.78, 5) is 10.8. The minimum Gasteiger partial charge on any atom is -0.497 e. The minimum atomic E-state index is -0.887. The van der Waals surface area contributed by atoms with E-state index in [2.05, 4.69) is 0 Å². The quantitative estimate of drug-likeness (QED) is 0.450. The maximum Gasteiger partial charge on any atom is 0.286 e. The topological polar surface area (TPSA) is 92.8 Å². The predicted octanol–water partition coefficient (Wildman–Crippen LogP) is 1.05. The van der Waals surface area contributed by atoms with E-state index in [0.29, 0.717) is 10.6 Å². The van der Waals surface area contributed by atoms with Crippen molar-refractivity contribution in [3.05, 3.63) is 28.3 Å². The molecule has 1 unspecified atom stereocenters. The smallest absolute Gasteiger partial charge is 0.286 e. The first-order chi connectivity index (χ1) is 8.08. The van der Waals surface area contributed by atoms with Gasteiger partial charge in [-0.15, -0.1) is 11.8 Å². The zero-order chi connectivity index (χ0) is 12.8. The number of methoxy groups -OCH3 is 1. The molecule has 0 aliphatic rings. The van der Waals surface area contributed by atoms with Crippen LogP contribution in [0.5, 0.6) is 5.75 Å². The number of rotatable bonds is 6. The molecular formula is C10H13NO5S. The van der Waals surface area contributed by atoms with Gasteiger partial charge in [0.25, 0.3) is 5.69 Å². The van der Waals surface area contributed by atoms with E-state index >= 15 is 0 Å². The van der Waals surface area contributed by atoms with Crippen molar-refractivity contribution in [2.45, 2.75) is 11.0 Å². The lowest BCUT2D eigenvalue weighted by molar-refractivity contribution is -0.387. The summed E-state index contributed by atoms with van der Waals surface area (Å²) in [5.41, 5.74) is -0.0699. The van der Waals surface area contributed by atoms with Gasteiger partial charge in [-0.25, -0.2) is 0 Å². The molecule has 0 saturated heterocycles. The van der Waals surface area contributed by atoms with E-state index in [4.69, 9.17) is 9.84 Å². The number of nitrogens with zero attached hydrogens (tertiary/aromatic N) is 1. The van der Waals surface area contributed by atoms with E-state index in [1.165, 1.54) is 13.2 Å². The summed E-state index contributed by atoms with van der Waals surface area (Å²) in [6, 6.07) is 4.50. The number of hydrogen-bond donors (Lipinski definition) is 2. The van der Waals surface area contributed by atoms with Gasteiger partial charge in [0.15, 0.2) is 0 Å². The van der Waals surface area contributed by atoms with Crippen molar-refractivity contribution in [1.29, 1.82) is 0 Å². The first-order valence-corrected chi connectivity index (χ1v) is 5.81. The second-order valence-electron chi connectivity index (χ2n) is 3.24. The Kier molecular flexibility index (Phi) is 5.20. The molecule has 0 bridgehead atoms. The van der Waals surface area contributed by atoms with Crippen LogP contribution in [0.15, 0.2) is 23.1 Å². The number of nitro benzene ring substituents is 1. The number of aliphatic hydroxyl groups is 2. The normalized spacial score (nSPS) is 12.2. The van der Waals surface area contributed by atoms with E-state index < -0.39 is 11.0 Å². The number of nitro groups is 1. The fourth-order valence-corrected chi connectivity index (χ4v) is 2.05.